The van der Waals surface area contributed by atoms with E-state index in [-0.39, 0.29) is 11.8 Å². The molecule has 8 heteroatoms. The highest BCUT2D eigenvalue weighted by Crippen LogP contribution is 2.28. The lowest BCUT2D eigenvalue weighted by molar-refractivity contribution is -0.120. The molecule has 4 rings (SSSR count). The molecule has 0 atom stereocenters. The van der Waals surface area contributed by atoms with E-state index in [1.54, 1.807) is 21.9 Å². The first-order chi connectivity index (χ1) is 14.0. The quantitative estimate of drug-likeness (QED) is 0.644. The van der Waals surface area contributed by atoms with Gasteiger partial charge in [-0.25, -0.2) is 4.98 Å². The predicted octanol–water partition coefficient (Wildman–Crippen LogP) is 3.01. The van der Waals surface area contributed by atoms with E-state index in [9.17, 15) is 9.59 Å². The van der Waals surface area contributed by atoms with Gasteiger partial charge in [0.15, 0.2) is 10.9 Å². The van der Waals surface area contributed by atoms with Crippen LogP contribution in [0.1, 0.15) is 23.2 Å². The SMILES string of the molecule is CCN(C(=O)CN1CCN(C(=O)c2ccc(C)o2)CC1)c1nc2ccccc2s1. The van der Waals surface area contributed by atoms with Crippen LogP contribution >= 0.6 is 11.3 Å². The van der Waals surface area contributed by atoms with Gasteiger partial charge in [0, 0.05) is 32.7 Å². The number of fused-ring (bicyclic) bond motifs is 1. The van der Waals surface area contributed by atoms with Gasteiger partial charge in [0.25, 0.3) is 5.91 Å². The number of para-hydroxylation sites is 1. The Bertz CT molecular complexity index is 987. The van der Waals surface area contributed by atoms with Crippen molar-refractivity contribution >= 4 is 38.5 Å². The van der Waals surface area contributed by atoms with Gasteiger partial charge in [0.1, 0.15) is 5.76 Å². The number of thiazole rings is 1. The zero-order valence-corrected chi connectivity index (χ0v) is 17.4. The number of amides is 2. The van der Waals surface area contributed by atoms with Crippen LogP contribution < -0.4 is 4.90 Å². The van der Waals surface area contributed by atoms with Crippen LogP contribution in [0.25, 0.3) is 10.2 Å². The highest BCUT2D eigenvalue weighted by Gasteiger charge is 2.27. The lowest BCUT2D eigenvalue weighted by Gasteiger charge is -2.34. The number of rotatable bonds is 5. The number of hydrogen-bond acceptors (Lipinski definition) is 6. The van der Waals surface area contributed by atoms with Gasteiger partial charge in [-0.05, 0) is 38.1 Å². The van der Waals surface area contributed by atoms with Crippen molar-refractivity contribution < 1.29 is 14.0 Å². The smallest absolute Gasteiger partial charge is 0.289 e. The minimum atomic E-state index is -0.0891. The Balaban J connectivity index is 1.35. The summed E-state index contributed by atoms with van der Waals surface area (Å²) in [6.45, 7) is 7.18. The van der Waals surface area contributed by atoms with Crippen molar-refractivity contribution in [2.24, 2.45) is 0 Å². The summed E-state index contributed by atoms with van der Waals surface area (Å²) in [6.07, 6.45) is 0. The van der Waals surface area contributed by atoms with Gasteiger partial charge in [-0.1, -0.05) is 23.5 Å². The van der Waals surface area contributed by atoms with Gasteiger partial charge in [-0.15, -0.1) is 0 Å². The number of aromatic nitrogens is 1. The fourth-order valence-electron chi connectivity index (χ4n) is 3.48. The van der Waals surface area contributed by atoms with Gasteiger partial charge in [0.05, 0.1) is 16.8 Å². The van der Waals surface area contributed by atoms with Crippen molar-refractivity contribution in [3.63, 3.8) is 0 Å². The largest absolute Gasteiger partial charge is 0.456 e. The van der Waals surface area contributed by atoms with Crippen LogP contribution in [0.15, 0.2) is 40.8 Å². The molecule has 0 N–H and O–H groups in total. The molecule has 1 fully saturated rings. The van der Waals surface area contributed by atoms with E-state index in [0.717, 1.165) is 21.1 Å². The van der Waals surface area contributed by atoms with Crippen LogP contribution in [0.2, 0.25) is 0 Å². The second kappa shape index (κ2) is 8.34. The Labute approximate surface area is 173 Å². The Morgan fingerprint density at radius 3 is 2.55 bits per heavy atom. The van der Waals surface area contributed by atoms with Crippen LogP contribution in [0.4, 0.5) is 5.13 Å². The molecule has 1 aliphatic rings. The average Bonchev–Trinajstić information content (AvgIpc) is 3.34. The fraction of sp³-hybridized carbons (Fsp3) is 0.381. The van der Waals surface area contributed by atoms with E-state index in [0.29, 0.717) is 45.0 Å². The molecule has 3 heterocycles. The van der Waals surface area contributed by atoms with Crippen molar-refractivity contribution in [2.45, 2.75) is 13.8 Å². The van der Waals surface area contributed by atoms with Crippen LogP contribution in [0, 0.1) is 6.92 Å². The molecule has 1 aromatic carbocycles. The molecule has 29 heavy (non-hydrogen) atoms. The molecule has 2 aromatic heterocycles. The van der Waals surface area contributed by atoms with E-state index >= 15 is 0 Å². The third-order valence-electron chi connectivity index (χ3n) is 5.10. The highest BCUT2D eigenvalue weighted by atomic mass is 32.1. The normalized spacial score (nSPS) is 15.0. The summed E-state index contributed by atoms with van der Waals surface area (Å²) in [6, 6.07) is 11.4. The maximum Gasteiger partial charge on any atom is 0.289 e. The summed E-state index contributed by atoms with van der Waals surface area (Å²) in [4.78, 5) is 35.6. The Morgan fingerprint density at radius 2 is 1.90 bits per heavy atom. The molecule has 1 saturated heterocycles. The number of likely N-dealkylation sites (N-methyl/N-ethyl adjacent to an activating group) is 1. The number of piperazine rings is 1. The Kier molecular flexibility index (Phi) is 5.64. The van der Waals surface area contributed by atoms with Crippen LogP contribution in [0.5, 0.6) is 0 Å². The summed E-state index contributed by atoms with van der Waals surface area (Å²) in [5.41, 5.74) is 0.916. The topological polar surface area (TPSA) is 69.9 Å². The molecule has 152 valence electrons. The molecule has 0 aliphatic carbocycles. The predicted molar refractivity (Wildman–Crippen MR) is 113 cm³/mol. The third kappa shape index (κ3) is 4.18. The molecule has 7 nitrogen and oxygen atoms in total. The van der Waals surface area contributed by atoms with Crippen molar-refractivity contribution in [2.75, 3.05) is 44.2 Å². The van der Waals surface area contributed by atoms with Gasteiger partial charge in [-0.3, -0.25) is 19.4 Å². The third-order valence-corrected chi connectivity index (χ3v) is 6.16. The molecule has 1 aliphatic heterocycles. The van der Waals surface area contributed by atoms with E-state index in [4.69, 9.17) is 4.42 Å². The second-order valence-corrected chi connectivity index (χ2v) is 8.09. The maximum atomic E-state index is 12.9. The minimum Gasteiger partial charge on any atom is -0.456 e. The highest BCUT2D eigenvalue weighted by molar-refractivity contribution is 7.22. The van der Waals surface area contributed by atoms with Crippen molar-refractivity contribution in [1.82, 2.24) is 14.8 Å². The zero-order chi connectivity index (χ0) is 20.4. The molecular formula is C21H24N4O3S. The van der Waals surface area contributed by atoms with Gasteiger partial charge in [0.2, 0.25) is 5.91 Å². The summed E-state index contributed by atoms with van der Waals surface area (Å²) in [7, 11) is 0. The summed E-state index contributed by atoms with van der Waals surface area (Å²) in [5, 5.41) is 0.737. The van der Waals surface area contributed by atoms with Gasteiger partial charge in [-0.2, -0.15) is 0 Å². The lowest BCUT2D eigenvalue weighted by atomic mass is 10.2. The van der Waals surface area contributed by atoms with Crippen molar-refractivity contribution in [3.05, 3.63) is 47.9 Å². The molecule has 3 aromatic rings. The molecule has 0 saturated carbocycles. The number of carbonyl (C=O) groups excluding carboxylic acids is 2. The van der Waals surface area contributed by atoms with Gasteiger partial charge >= 0.3 is 0 Å². The molecule has 0 radical (unpaired) electrons. The van der Waals surface area contributed by atoms with Crippen molar-refractivity contribution in [3.8, 4) is 0 Å². The van der Waals surface area contributed by atoms with Crippen LogP contribution in [-0.4, -0.2) is 65.9 Å². The minimum absolute atomic E-state index is 0.0352. The number of aryl methyl sites for hydroxylation is 1. The first-order valence-electron chi connectivity index (χ1n) is 9.79. The molecule has 0 bridgehead atoms. The number of carbonyl (C=O) groups is 2. The lowest BCUT2D eigenvalue weighted by Crippen LogP contribution is -2.51. The summed E-state index contributed by atoms with van der Waals surface area (Å²) >= 11 is 1.54. The number of furan rings is 1. The summed E-state index contributed by atoms with van der Waals surface area (Å²) < 4.78 is 6.52. The number of nitrogens with zero attached hydrogens (tertiary/aromatic N) is 4. The number of benzene rings is 1. The zero-order valence-electron chi connectivity index (χ0n) is 16.6. The standard InChI is InChI=1S/C21H24N4O3S/c1-3-25(21-22-16-6-4-5-7-18(16)29-21)19(26)14-23-10-12-24(13-11-23)20(27)17-9-8-15(2)28-17/h4-9H,3,10-14H2,1-2H3. The molecule has 0 spiro atoms. The second-order valence-electron chi connectivity index (χ2n) is 7.08. The van der Waals surface area contributed by atoms with Crippen molar-refractivity contribution in [1.29, 1.82) is 0 Å². The molecule has 0 unspecified atom stereocenters. The van der Waals surface area contributed by atoms with E-state index in [1.807, 2.05) is 38.1 Å². The Morgan fingerprint density at radius 1 is 1.14 bits per heavy atom. The first kappa shape index (κ1) is 19.6. The van der Waals surface area contributed by atoms with Gasteiger partial charge < -0.3 is 9.32 Å². The number of hydrogen-bond donors (Lipinski definition) is 0. The number of anilines is 1. The van der Waals surface area contributed by atoms with Crippen LogP contribution in [-0.2, 0) is 4.79 Å². The van der Waals surface area contributed by atoms with Crippen LogP contribution in [0.3, 0.4) is 0 Å². The monoisotopic (exact) mass is 412 g/mol. The van der Waals surface area contributed by atoms with E-state index in [1.165, 1.54) is 11.3 Å². The van der Waals surface area contributed by atoms with E-state index < -0.39 is 0 Å². The maximum absolute atomic E-state index is 12.9. The molecule has 2 amide bonds. The fourth-order valence-corrected chi connectivity index (χ4v) is 4.53. The van der Waals surface area contributed by atoms with E-state index in [2.05, 4.69) is 9.88 Å². The Hall–Kier alpha value is -2.71. The molecular weight excluding hydrogens is 388 g/mol. The first-order valence-corrected chi connectivity index (χ1v) is 10.6. The average molecular weight is 413 g/mol. The summed E-state index contributed by atoms with van der Waals surface area (Å²) in [5.74, 6) is 1.05.